The Morgan fingerprint density at radius 2 is 2.04 bits per heavy atom. The number of benzene rings is 1. The lowest BCUT2D eigenvalue weighted by Crippen LogP contribution is -2.36. The Bertz CT molecular complexity index is 722. The summed E-state index contributed by atoms with van der Waals surface area (Å²) < 4.78 is 17.0. The number of furan rings is 1. The molecule has 1 aliphatic carbocycles. The maximum Gasteiger partial charge on any atom is 0.191 e. The molecule has 6 nitrogen and oxygen atoms in total. The van der Waals surface area contributed by atoms with E-state index >= 15 is 0 Å². The second-order valence-corrected chi connectivity index (χ2v) is 6.64. The third-order valence-corrected chi connectivity index (χ3v) is 4.60. The molecule has 1 aromatic carbocycles. The predicted molar refractivity (Wildman–Crippen MR) is 106 cm³/mol. The maximum atomic E-state index is 6.17. The second kappa shape index (κ2) is 9.90. The van der Waals surface area contributed by atoms with E-state index in [-0.39, 0.29) is 0 Å². The molecule has 0 bridgehead atoms. The largest absolute Gasteiger partial charge is 0.493 e. The number of guanidine groups is 1. The first-order valence-electron chi connectivity index (χ1n) is 9.66. The molecule has 3 rings (SSSR count). The van der Waals surface area contributed by atoms with Crippen molar-refractivity contribution in [1.29, 1.82) is 0 Å². The van der Waals surface area contributed by atoms with Crippen molar-refractivity contribution in [2.75, 3.05) is 13.7 Å². The van der Waals surface area contributed by atoms with Crippen LogP contribution in [0, 0.1) is 0 Å². The smallest absolute Gasteiger partial charge is 0.191 e. The van der Waals surface area contributed by atoms with Crippen molar-refractivity contribution >= 4 is 5.96 Å². The lowest BCUT2D eigenvalue weighted by Gasteiger charge is -2.17. The van der Waals surface area contributed by atoms with E-state index in [1.807, 2.05) is 37.3 Å². The van der Waals surface area contributed by atoms with Crippen molar-refractivity contribution in [3.05, 3.63) is 47.9 Å². The highest BCUT2D eigenvalue weighted by Gasteiger charge is 2.18. The van der Waals surface area contributed by atoms with Crippen LogP contribution in [0.25, 0.3) is 0 Å². The number of rotatable bonds is 8. The van der Waals surface area contributed by atoms with E-state index in [1.165, 1.54) is 12.8 Å². The zero-order valence-corrected chi connectivity index (χ0v) is 16.2. The summed E-state index contributed by atoms with van der Waals surface area (Å²) in [5.74, 6) is 3.21. The van der Waals surface area contributed by atoms with Crippen molar-refractivity contribution in [2.24, 2.45) is 4.99 Å². The van der Waals surface area contributed by atoms with Crippen LogP contribution in [0.3, 0.4) is 0 Å². The normalized spacial score (nSPS) is 15.0. The van der Waals surface area contributed by atoms with E-state index in [4.69, 9.17) is 13.9 Å². The highest BCUT2D eigenvalue weighted by atomic mass is 16.5. The van der Waals surface area contributed by atoms with E-state index in [0.717, 1.165) is 48.2 Å². The molecule has 6 heteroatoms. The number of ether oxygens (including phenoxy) is 2. The molecule has 27 heavy (non-hydrogen) atoms. The van der Waals surface area contributed by atoms with E-state index in [1.54, 1.807) is 13.4 Å². The van der Waals surface area contributed by atoms with Gasteiger partial charge >= 0.3 is 0 Å². The molecule has 1 fully saturated rings. The third kappa shape index (κ3) is 5.67. The number of nitrogens with zero attached hydrogens (tertiary/aromatic N) is 1. The molecule has 1 aliphatic rings. The van der Waals surface area contributed by atoms with E-state index in [0.29, 0.717) is 19.2 Å². The molecule has 0 radical (unpaired) electrons. The first-order chi connectivity index (χ1) is 13.3. The van der Waals surface area contributed by atoms with Crippen molar-refractivity contribution in [2.45, 2.75) is 51.8 Å². The molecular formula is C21H29N3O3. The quantitative estimate of drug-likeness (QED) is 0.545. The van der Waals surface area contributed by atoms with E-state index in [2.05, 4.69) is 15.6 Å². The van der Waals surface area contributed by atoms with Gasteiger partial charge in [0.05, 0.1) is 32.6 Å². The number of hydrogen-bond donors (Lipinski definition) is 2. The fourth-order valence-electron chi connectivity index (χ4n) is 3.19. The number of hydrogen-bond acceptors (Lipinski definition) is 4. The van der Waals surface area contributed by atoms with Crippen LogP contribution in [-0.2, 0) is 13.1 Å². The van der Waals surface area contributed by atoms with Crippen LogP contribution in [-0.4, -0.2) is 25.7 Å². The van der Waals surface area contributed by atoms with Crippen LogP contribution in [0.4, 0.5) is 0 Å². The summed E-state index contributed by atoms with van der Waals surface area (Å²) in [7, 11) is 1.68. The molecule has 0 spiro atoms. The average Bonchev–Trinajstić information content (AvgIpc) is 3.38. The minimum atomic E-state index is 0.296. The van der Waals surface area contributed by atoms with Crippen LogP contribution >= 0.6 is 0 Å². The summed E-state index contributed by atoms with van der Waals surface area (Å²) in [6, 6.07) is 9.84. The SMILES string of the molecule is CCNC(=NCc1ccc(OC)c(OC2CCCC2)c1)NCc1ccco1. The van der Waals surface area contributed by atoms with Crippen molar-refractivity contribution < 1.29 is 13.9 Å². The average molecular weight is 371 g/mol. The van der Waals surface area contributed by atoms with Gasteiger partial charge in [-0.25, -0.2) is 4.99 Å². The topological polar surface area (TPSA) is 68.0 Å². The van der Waals surface area contributed by atoms with Gasteiger partial charge in [0.15, 0.2) is 17.5 Å². The van der Waals surface area contributed by atoms with Gasteiger partial charge in [0.25, 0.3) is 0 Å². The van der Waals surface area contributed by atoms with E-state index < -0.39 is 0 Å². The van der Waals surface area contributed by atoms with Gasteiger partial charge < -0.3 is 24.5 Å². The van der Waals surface area contributed by atoms with Crippen LogP contribution in [0.15, 0.2) is 46.0 Å². The van der Waals surface area contributed by atoms with Crippen LogP contribution in [0.2, 0.25) is 0 Å². The molecule has 2 aromatic rings. The zero-order chi connectivity index (χ0) is 18.9. The monoisotopic (exact) mass is 371 g/mol. The van der Waals surface area contributed by atoms with Crippen molar-refractivity contribution in [3.63, 3.8) is 0 Å². The molecule has 0 atom stereocenters. The summed E-state index contributed by atoms with van der Waals surface area (Å²) in [6.45, 7) is 3.99. The summed E-state index contributed by atoms with van der Waals surface area (Å²) in [6.07, 6.45) is 6.68. The predicted octanol–water partition coefficient (Wildman–Crippen LogP) is 3.86. The molecule has 0 unspecified atom stereocenters. The first kappa shape index (κ1) is 19.1. The van der Waals surface area contributed by atoms with Gasteiger partial charge in [0, 0.05) is 6.54 Å². The van der Waals surface area contributed by atoms with Gasteiger partial charge in [-0.15, -0.1) is 0 Å². The van der Waals surface area contributed by atoms with Gasteiger partial charge in [-0.3, -0.25) is 0 Å². The van der Waals surface area contributed by atoms with Gasteiger partial charge in [-0.1, -0.05) is 6.07 Å². The second-order valence-electron chi connectivity index (χ2n) is 6.64. The van der Waals surface area contributed by atoms with Crippen LogP contribution < -0.4 is 20.1 Å². The molecule has 1 aromatic heterocycles. The number of methoxy groups -OCH3 is 1. The highest BCUT2D eigenvalue weighted by molar-refractivity contribution is 5.79. The highest BCUT2D eigenvalue weighted by Crippen LogP contribution is 2.32. The Hall–Kier alpha value is -2.63. The Labute approximate surface area is 161 Å². The van der Waals surface area contributed by atoms with Crippen molar-refractivity contribution in [1.82, 2.24) is 10.6 Å². The summed E-state index contributed by atoms with van der Waals surface area (Å²) in [4.78, 5) is 4.67. The molecular weight excluding hydrogens is 342 g/mol. The molecule has 2 N–H and O–H groups in total. The number of nitrogens with one attached hydrogen (secondary N) is 2. The van der Waals surface area contributed by atoms with Gasteiger partial charge in [0.2, 0.25) is 0 Å². The molecule has 0 amide bonds. The fraction of sp³-hybridized carbons (Fsp3) is 0.476. The summed E-state index contributed by atoms with van der Waals surface area (Å²) in [5, 5.41) is 6.53. The van der Waals surface area contributed by atoms with E-state index in [9.17, 15) is 0 Å². The Balaban J connectivity index is 1.65. The molecule has 0 saturated heterocycles. The summed E-state index contributed by atoms with van der Waals surface area (Å²) >= 11 is 0. The Kier molecular flexibility index (Phi) is 7.02. The van der Waals surface area contributed by atoms with Crippen molar-refractivity contribution in [3.8, 4) is 11.5 Å². The summed E-state index contributed by atoms with van der Waals surface area (Å²) in [5.41, 5.74) is 1.08. The van der Waals surface area contributed by atoms with Gasteiger partial charge in [-0.05, 0) is 62.4 Å². The minimum absolute atomic E-state index is 0.296. The Morgan fingerprint density at radius 1 is 1.19 bits per heavy atom. The van der Waals surface area contributed by atoms with Crippen LogP contribution in [0.1, 0.15) is 43.9 Å². The van der Waals surface area contributed by atoms with Crippen LogP contribution in [0.5, 0.6) is 11.5 Å². The maximum absolute atomic E-state index is 6.17. The molecule has 146 valence electrons. The molecule has 0 aliphatic heterocycles. The Morgan fingerprint density at radius 3 is 2.74 bits per heavy atom. The van der Waals surface area contributed by atoms with Gasteiger partial charge in [-0.2, -0.15) is 0 Å². The zero-order valence-electron chi connectivity index (χ0n) is 16.2. The molecule has 1 heterocycles. The minimum Gasteiger partial charge on any atom is -0.493 e. The van der Waals surface area contributed by atoms with Gasteiger partial charge in [0.1, 0.15) is 5.76 Å². The lowest BCUT2D eigenvalue weighted by atomic mass is 10.2. The lowest BCUT2D eigenvalue weighted by molar-refractivity contribution is 0.200. The first-order valence-corrected chi connectivity index (χ1v) is 9.66. The molecule has 1 saturated carbocycles. The standard InChI is InChI=1S/C21H29N3O3/c1-3-22-21(24-15-18-9-6-12-26-18)23-14-16-10-11-19(25-2)20(13-16)27-17-7-4-5-8-17/h6,9-13,17H,3-5,7-8,14-15H2,1-2H3,(H2,22,23,24). The third-order valence-electron chi connectivity index (χ3n) is 4.60. The fourth-order valence-corrected chi connectivity index (χ4v) is 3.19. The number of aliphatic imine (C=N–C) groups is 1.